The lowest BCUT2D eigenvalue weighted by molar-refractivity contribution is -0.118. The van der Waals surface area contributed by atoms with Gasteiger partial charge in [0.05, 0.1) is 13.5 Å². The third kappa shape index (κ3) is 4.97. The number of rotatable bonds is 7. The Balaban J connectivity index is 1.50. The van der Waals surface area contributed by atoms with Gasteiger partial charge in [0, 0.05) is 5.02 Å². The molecule has 0 bridgehead atoms. The minimum atomic E-state index is -0.403. The first-order chi connectivity index (χ1) is 12.6. The molecule has 0 saturated heterocycles. The maximum absolute atomic E-state index is 11.9. The summed E-state index contributed by atoms with van der Waals surface area (Å²) >= 11 is 5.79. The zero-order valence-electron chi connectivity index (χ0n) is 13.9. The standard InChI is InChI=1S/C18H16ClN3O4/c1-24-14-6-2-12(3-7-14)10-17-21-22-18(26-17)20-16(23)11-25-15-8-4-13(19)5-9-15/h2-9H,10-11H2,1H3,(H,20,22,23). The first kappa shape index (κ1) is 17.8. The van der Waals surface area contributed by atoms with E-state index in [0.29, 0.717) is 23.1 Å². The molecule has 0 fully saturated rings. The lowest BCUT2D eigenvalue weighted by Gasteiger charge is -2.05. The fourth-order valence-corrected chi connectivity index (χ4v) is 2.25. The number of hydrogen-bond acceptors (Lipinski definition) is 6. The molecule has 8 heteroatoms. The van der Waals surface area contributed by atoms with Gasteiger partial charge in [-0.05, 0) is 42.0 Å². The summed E-state index contributed by atoms with van der Waals surface area (Å²) in [5, 5.41) is 10.8. The molecule has 0 aliphatic heterocycles. The number of benzene rings is 2. The van der Waals surface area contributed by atoms with Gasteiger partial charge in [0.15, 0.2) is 6.61 Å². The molecule has 0 radical (unpaired) electrons. The molecule has 0 aliphatic carbocycles. The van der Waals surface area contributed by atoms with E-state index in [0.717, 1.165) is 11.3 Å². The summed E-state index contributed by atoms with van der Waals surface area (Å²) in [5.41, 5.74) is 0.985. The van der Waals surface area contributed by atoms with Crippen molar-refractivity contribution in [3.63, 3.8) is 0 Å². The Hall–Kier alpha value is -3.06. The van der Waals surface area contributed by atoms with E-state index in [9.17, 15) is 4.79 Å². The average Bonchev–Trinajstić information content (AvgIpc) is 3.08. The van der Waals surface area contributed by atoms with Gasteiger partial charge in [-0.3, -0.25) is 10.1 Å². The second-order valence-electron chi connectivity index (χ2n) is 5.32. The molecule has 1 N–H and O–H groups in total. The van der Waals surface area contributed by atoms with Gasteiger partial charge in [-0.1, -0.05) is 28.8 Å². The Kier molecular flexibility index (Phi) is 5.70. The van der Waals surface area contributed by atoms with Gasteiger partial charge in [0.2, 0.25) is 5.89 Å². The summed E-state index contributed by atoms with van der Waals surface area (Å²) in [6.45, 7) is -0.183. The Bertz CT molecular complexity index is 863. The van der Waals surface area contributed by atoms with E-state index in [1.165, 1.54) is 0 Å². The molecule has 3 rings (SSSR count). The van der Waals surface area contributed by atoms with Crippen molar-refractivity contribution in [2.75, 3.05) is 19.0 Å². The van der Waals surface area contributed by atoms with E-state index in [1.807, 2.05) is 24.3 Å². The molecule has 0 aliphatic rings. The van der Waals surface area contributed by atoms with Gasteiger partial charge in [-0.2, -0.15) is 0 Å². The van der Waals surface area contributed by atoms with Crippen LogP contribution in [-0.2, 0) is 11.2 Å². The van der Waals surface area contributed by atoms with E-state index >= 15 is 0 Å². The molecule has 2 aromatic carbocycles. The first-order valence-electron chi connectivity index (χ1n) is 7.76. The molecule has 0 atom stereocenters. The number of methoxy groups -OCH3 is 1. The molecule has 134 valence electrons. The number of halogens is 1. The highest BCUT2D eigenvalue weighted by Gasteiger charge is 2.11. The van der Waals surface area contributed by atoms with Gasteiger partial charge in [-0.25, -0.2) is 0 Å². The van der Waals surface area contributed by atoms with Gasteiger partial charge < -0.3 is 13.9 Å². The zero-order chi connectivity index (χ0) is 18.4. The minimum absolute atomic E-state index is 0.0261. The molecular weight excluding hydrogens is 358 g/mol. The quantitative estimate of drug-likeness (QED) is 0.683. The summed E-state index contributed by atoms with van der Waals surface area (Å²) < 4.78 is 15.9. The Morgan fingerprint density at radius 3 is 2.46 bits per heavy atom. The maximum atomic E-state index is 11.9. The van der Waals surface area contributed by atoms with Crippen LogP contribution in [0.1, 0.15) is 11.5 Å². The van der Waals surface area contributed by atoms with Crippen LogP contribution < -0.4 is 14.8 Å². The summed E-state index contributed by atoms with van der Waals surface area (Å²) in [6, 6.07) is 14.2. The molecule has 1 aromatic heterocycles. The van der Waals surface area contributed by atoms with Crippen LogP contribution in [0.5, 0.6) is 11.5 Å². The van der Waals surface area contributed by atoms with E-state index in [2.05, 4.69) is 15.5 Å². The molecule has 0 spiro atoms. The van der Waals surface area contributed by atoms with Gasteiger partial charge in [0.1, 0.15) is 11.5 Å². The number of carbonyl (C=O) groups excluding carboxylic acids is 1. The topological polar surface area (TPSA) is 86.5 Å². The zero-order valence-corrected chi connectivity index (χ0v) is 14.7. The molecule has 26 heavy (non-hydrogen) atoms. The number of carbonyl (C=O) groups is 1. The fraction of sp³-hybridized carbons (Fsp3) is 0.167. The molecule has 1 amide bonds. The van der Waals surface area contributed by atoms with Crippen molar-refractivity contribution in [2.45, 2.75) is 6.42 Å². The average molecular weight is 374 g/mol. The summed E-state index contributed by atoms with van der Waals surface area (Å²) in [7, 11) is 1.61. The van der Waals surface area contributed by atoms with Crippen molar-refractivity contribution in [3.05, 3.63) is 65.0 Å². The van der Waals surface area contributed by atoms with Gasteiger partial charge >= 0.3 is 6.01 Å². The molecule has 0 saturated carbocycles. The predicted octanol–water partition coefficient (Wildman–Crippen LogP) is 3.34. The van der Waals surface area contributed by atoms with Crippen LogP contribution in [0.3, 0.4) is 0 Å². The largest absolute Gasteiger partial charge is 0.497 e. The van der Waals surface area contributed by atoms with Crippen LogP contribution in [0, 0.1) is 0 Å². The maximum Gasteiger partial charge on any atom is 0.322 e. The number of nitrogens with zero attached hydrogens (tertiary/aromatic N) is 2. The second kappa shape index (κ2) is 8.35. The summed E-state index contributed by atoms with van der Waals surface area (Å²) in [6.07, 6.45) is 0.453. The van der Waals surface area contributed by atoms with Crippen molar-refractivity contribution >= 4 is 23.5 Å². The van der Waals surface area contributed by atoms with Crippen molar-refractivity contribution < 1.29 is 18.7 Å². The number of nitrogens with one attached hydrogen (secondary N) is 1. The monoisotopic (exact) mass is 373 g/mol. The van der Waals surface area contributed by atoms with Crippen LogP contribution in [-0.4, -0.2) is 29.8 Å². The number of hydrogen-bond donors (Lipinski definition) is 1. The second-order valence-corrected chi connectivity index (χ2v) is 5.75. The van der Waals surface area contributed by atoms with Crippen LogP contribution >= 0.6 is 11.6 Å². The number of aromatic nitrogens is 2. The third-order valence-electron chi connectivity index (χ3n) is 3.41. The fourth-order valence-electron chi connectivity index (χ4n) is 2.13. The number of ether oxygens (including phenoxy) is 2. The van der Waals surface area contributed by atoms with Crippen LogP contribution in [0.4, 0.5) is 6.01 Å². The molecular formula is C18H16ClN3O4. The van der Waals surface area contributed by atoms with E-state index in [-0.39, 0.29) is 12.6 Å². The molecule has 1 heterocycles. The highest BCUT2D eigenvalue weighted by Crippen LogP contribution is 2.17. The molecule has 3 aromatic rings. The lowest BCUT2D eigenvalue weighted by Crippen LogP contribution is -2.20. The number of amides is 1. The highest BCUT2D eigenvalue weighted by molar-refractivity contribution is 6.30. The predicted molar refractivity (Wildman–Crippen MR) is 95.7 cm³/mol. The van der Waals surface area contributed by atoms with Crippen molar-refractivity contribution in [3.8, 4) is 11.5 Å². The third-order valence-corrected chi connectivity index (χ3v) is 3.66. The summed E-state index contributed by atoms with van der Waals surface area (Å²) in [4.78, 5) is 11.9. The van der Waals surface area contributed by atoms with Crippen LogP contribution in [0.2, 0.25) is 5.02 Å². The molecule has 7 nitrogen and oxygen atoms in total. The van der Waals surface area contributed by atoms with Crippen molar-refractivity contribution in [1.82, 2.24) is 10.2 Å². The first-order valence-corrected chi connectivity index (χ1v) is 8.14. The highest BCUT2D eigenvalue weighted by atomic mass is 35.5. The lowest BCUT2D eigenvalue weighted by atomic mass is 10.1. The minimum Gasteiger partial charge on any atom is -0.497 e. The van der Waals surface area contributed by atoms with Crippen molar-refractivity contribution in [2.24, 2.45) is 0 Å². The Labute approximate surface area is 154 Å². The molecule has 0 unspecified atom stereocenters. The summed E-state index contributed by atoms with van der Waals surface area (Å²) in [5.74, 6) is 1.30. The number of anilines is 1. The smallest absolute Gasteiger partial charge is 0.322 e. The van der Waals surface area contributed by atoms with Crippen molar-refractivity contribution in [1.29, 1.82) is 0 Å². The van der Waals surface area contributed by atoms with E-state index in [1.54, 1.807) is 31.4 Å². The Morgan fingerprint density at radius 1 is 1.08 bits per heavy atom. The van der Waals surface area contributed by atoms with Crippen LogP contribution in [0.25, 0.3) is 0 Å². The van der Waals surface area contributed by atoms with Crippen LogP contribution in [0.15, 0.2) is 52.9 Å². The van der Waals surface area contributed by atoms with Gasteiger partial charge in [-0.15, -0.1) is 5.10 Å². The SMILES string of the molecule is COc1ccc(Cc2nnc(NC(=O)COc3ccc(Cl)cc3)o2)cc1. The Morgan fingerprint density at radius 2 is 1.77 bits per heavy atom. The van der Waals surface area contributed by atoms with Gasteiger partial charge in [0.25, 0.3) is 5.91 Å². The normalized spacial score (nSPS) is 10.4. The van der Waals surface area contributed by atoms with E-state index < -0.39 is 5.91 Å². The van der Waals surface area contributed by atoms with E-state index in [4.69, 9.17) is 25.5 Å².